The van der Waals surface area contributed by atoms with Gasteiger partial charge in [-0.2, -0.15) is 4.98 Å². The minimum Gasteiger partial charge on any atom is -0.394 e. The third-order valence-electron chi connectivity index (χ3n) is 4.63. The number of para-hydroxylation sites is 1. The van der Waals surface area contributed by atoms with E-state index in [9.17, 15) is 15.0 Å². The van der Waals surface area contributed by atoms with Crippen molar-refractivity contribution in [3.05, 3.63) is 40.2 Å². The first-order valence-corrected chi connectivity index (χ1v) is 8.52. The Hall–Kier alpha value is -2.95. The van der Waals surface area contributed by atoms with Crippen molar-refractivity contribution in [2.75, 3.05) is 17.7 Å². The highest BCUT2D eigenvalue weighted by molar-refractivity contribution is 5.76. The summed E-state index contributed by atoms with van der Waals surface area (Å²) < 4.78 is 7.34. The molecule has 3 atom stereocenters. The SMILES string of the molecule is Cc1ccccc1Nc1nc2c(=O)[nH]c(N)nc2n1[C@H]1C[C@H](O)[C@@H](CO)O1. The molecule has 3 aromatic rings. The number of anilines is 3. The van der Waals surface area contributed by atoms with E-state index in [0.29, 0.717) is 5.95 Å². The van der Waals surface area contributed by atoms with Gasteiger partial charge in [-0.3, -0.25) is 14.3 Å². The summed E-state index contributed by atoms with van der Waals surface area (Å²) in [4.78, 5) is 23.3. The van der Waals surface area contributed by atoms with Crippen LogP contribution in [-0.4, -0.2) is 48.5 Å². The predicted molar refractivity (Wildman–Crippen MR) is 98.6 cm³/mol. The van der Waals surface area contributed by atoms with Gasteiger partial charge in [0.2, 0.25) is 11.9 Å². The molecule has 0 aliphatic carbocycles. The molecule has 0 spiro atoms. The van der Waals surface area contributed by atoms with Crippen molar-refractivity contribution < 1.29 is 14.9 Å². The molecule has 1 aliphatic rings. The van der Waals surface area contributed by atoms with Gasteiger partial charge in [-0.05, 0) is 18.6 Å². The molecule has 142 valence electrons. The van der Waals surface area contributed by atoms with Gasteiger partial charge in [-0.1, -0.05) is 18.2 Å². The first-order chi connectivity index (χ1) is 13.0. The zero-order valence-corrected chi connectivity index (χ0v) is 14.6. The number of nitrogens with zero attached hydrogens (tertiary/aromatic N) is 3. The molecule has 10 heteroatoms. The number of aromatic amines is 1. The minimum atomic E-state index is -0.844. The van der Waals surface area contributed by atoms with E-state index in [0.717, 1.165) is 11.3 Å². The Bertz CT molecular complexity index is 1050. The van der Waals surface area contributed by atoms with Crippen LogP contribution in [0.5, 0.6) is 0 Å². The van der Waals surface area contributed by atoms with Crippen LogP contribution in [0.2, 0.25) is 0 Å². The van der Waals surface area contributed by atoms with Crippen molar-refractivity contribution >= 4 is 28.7 Å². The van der Waals surface area contributed by atoms with Crippen molar-refractivity contribution in [1.82, 2.24) is 19.5 Å². The van der Waals surface area contributed by atoms with Crippen LogP contribution in [0.15, 0.2) is 29.1 Å². The van der Waals surface area contributed by atoms with Crippen molar-refractivity contribution in [2.45, 2.75) is 31.8 Å². The molecule has 0 bridgehead atoms. The molecular formula is C17H20N6O4. The highest BCUT2D eigenvalue weighted by atomic mass is 16.5. The fourth-order valence-corrected chi connectivity index (χ4v) is 3.23. The van der Waals surface area contributed by atoms with Crippen LogP contribution >= 0.6 is 0 Å². The van der Waals surface area contributed by atoms with E-state index in [1.54, 1.807) is 4.57 Å². The van der Waals surface area contributed by atoms with E-state index in [4.69, 9.17) is 10.5 Å². The second-order valence-electron chi connectivity index (χ2n) is 6.48. The van der Waals surface area contributed by atoms with E-state index < -0.39 is 24.0 Å². The van der Waals surface area contributed by atoms with E-state index in [1.807, 2.05) is 31.2 Å². The van der Waals surface area contributed by atoms with E-state index in [-0.39, 0.29) is 30.1 Å². The number of ether oxygens (including phenoxy) is 1. The number of nitrogens with one attached hydrogen (secondary N) is 2. The fraction of sp³-hybridized carbons (Fsp3) is 0.353. The number of aliphatic hydroxyl groups is 2. The van der Waals surface area contributed by atoms with Crippen LogP contribution in [0.1, 0.15) is 18.2 Å². The highest BCUT2D eigenvalue weighted by Crippen LogP contribution is 2.34. The summed E-state index contributed by atoms with van der Waals surface area (Å²) in [7, 11) is 0. The second-order valence-corrected chi connectivity index (χ2v) is 6.48. The normalized spacial score (nSPS) is 22.4. The maximum atomic E-state index is 12.3. The Kier molecular flexibility index (Phi) is 4.30. The molecule has 1 saturated heterocycles. The summed E-state index contributed by atoms with van der Waals surface area (Å²) in [5.74, 6) is 0.284. The maximum Gasteiger partial charge on any atom is 0.280 e. The number of hydrogen-bond acceptors (Lipinski definition) is 8. The number of benzene rings is 1. The van der Waals surface area contributed by atoms with Gasteiger partial charge in [-0.15, -0.1) is 0 Å². The lowest BCUT2D eigenvalue weighted by Crippen LogP contribution is -2.24. The lowest BCUT2D eigenvalue weighted by molar-refractivity contribution is -0.0425. The first-order valence-electron chi connectivity index (χ1n) is 8.52. The summed E-state index contributed by atoms with van der Waals surface area (Å²) in [6.07, 6.45) is -2.02. The third kappa shape index (κ3) is 3.03. The fourth-order valence-electron chi connectivity index (χ4n) is 3.23. The first kappa shape index (κ1) is 17.5. The number of imidazole rings is 1. The van der Waals surface area contributed by atoms with E-state index in [2.05, 4.69) is 20.3 Å². The van der Waals surface area contributed by atoms with Crippen LogP contribution in [0.4, 0.5) is 17.6 Å². The number of hydrogen-bond donors (Lipinski definition) is 5. The van der Waals surface area contributed by atoms with Gasteiger partial charge in [0.15, 0.2) is 11.2 Å². The molecule has 0 unspecified atom stereocenters. The van der Waals surface area contributed by atoms with Gasteiger partial charge in [0.1, 0.15) is 12.3 Å². The Morgan fingerprint density at radius 1 is 1.41 bits per heavy atom. The topological polar surface area (TPSA) is 151 Å². The zero-order valence-electron chi connectivity index (χ0n) is 14.6. The lowest BCUT2D eigenvalue weighted by atomic mass is 10.2. The molecule has 0 saturated carbocycles. The largest absolute Gasteiger partial charge is 0.394 e. The molecule has 1 fully saturated rings. The minimum absolute atomic E-state index is 0.0478. The Morgan fingerprint density at radius 2 is 2.19 bits per heavy atom. The van der Waals surface area contributed by atoms with Gasteiger partial charge in [0.05, 0.1) is 12.7 Å². The van der Waals surface area contributed by atoms with E-state index in [1.165, 1.54) is 0 Å². The molecule has 3 heterocycles. The summed E-state index contributed by atoms with van der Waals surface area (Å²) in [6.45, 7) is 1.62. The van der Waals surface area contributed by atoms with E-state index >= 15 is 0 Å². The van der Waals surface area contributed by atoms with Crippen LogP contribution in [0.25, 0.3) is 11.2 Å². The third-order valence-corrected chi connectivity index (χ3v) is 4.63. The molecule has 10 nitrogen and oxygen atoms in total. The highest BCUT2D eigenvalue weighted by Gasteiger charge is 2.37. The lowest BCUT2D eigenvalue weighted by Gasteiger charge is -2.17. The number of fused-ring (bicyclic) bond motifs is 1. The second kappa shape index (κ2) is 6.65. The quantitative estimate of drug-likeness (QED) is 0.441. The average Bonchev–Trinajstić information content (AvgIpc) is 3.17. The van der Waals surface area contributed by atoms with Crippen molar-refractivity contribution in [3.8, 4) is 0 Å². The Labute approximate surface area is 153 Å². The molecule has 0 radical (unpaired) electrons. The Morgan fingerprint density at radius 3 is 2.89 bits per heavy atom. The van der Waals surface area contributed by atoms with Gasteiger partial charge >= 0.3 is 0 Å². The molecule has 27 heavy (non-hydrogen) atoms. The van der Waals surface area contributed by atoms with Gasteiger partial charge in [0.25, 0.3) is 5.56 Å². The standard InChI is InChI=1S/C17H20N6O4/c1-8-4-2-3-5-9(8)19-17-20-13-14(21-16(18)22-15(13)26)23(17)12-6-10(25)11(7-24)27-12/h2-5,10-12,24-25H,6-7H2,1H3,(H,19,20)(H3,18,21,22,26)/t10-,11+,12+/m0/s1. The number of rotatable bonds is 4. The summed E-state index contributed by atoms with van der Waals surface area (Å²) >= 11 is 0. The van der Waals surface area contributed by atoms with Crippen molar-refractivity contribution in [3.63, 3.8) is 0 Å². The number of nitrogen functional groups attached to an aromatic ring is 1. The number of aliphatic hydroxyl groups excluding tert-OH is 2. The Balaban J connectivity index is 1.86. The van der Waals surface area contributed by atoms with Crippen molar-refractivity contribution in [1.29, 1.82) is 0 Å². The maximum absolute atomic E-state index is 12.3. The number of aryl methyl sites for hydroxylation is 1. The molecule has 2 aromatic heterocycles. The zero-order chi connectivity index (χ0) is 19.1. The number of aromatic nitrogens is 4. The van der Waals surface area contributed by atoms with Gasteiger partial charge < -0.3 is 26.0 Å². The molecule has 4 rings (SSSR count). The average molecular weight is 372 g/mol. The van der Waals surface area contributed by atoms with Crippen LogP contribution in [0.3, 0.4) is 0 Å². The van der Waals surface area contributed by atoms with Crippen molar-refractivity contribution in [2.24, 2.45) is 0 Å². The van der Waals surface area contributed by atoms with Crippen LogP contribution < -0.4 is 16.6 Å². The molecule has 6 N–H and O–H groups in total. The number of nitrogens with two attached hydrogens (primary N) is 1. The van der Waals surface area contributed by atoms with Gasteiger partial charge in [-0.25, -0.2) is 4.98 Å². The molecular weight excluding hydrogens is 352 g/mol. The monoisotopic (exact) mass is 372 g/mol. The summed E-state index contributed by atoms with van der Waals surface area (Å²) in [6, 6.07) is 7.61. The molecule has 1 aliphatic heterocycles. The molecule has 1 aromatic carbocycles. The van der Waals surface area contributed by atoms with Crippen LogP contribution in [-0.2, 0) is 4.74 Å². The predicted octanol–water partition coefficient (Wildman–Crippen LogP) is 0.395. The number of H-pyrrole nitrogens is 1. The van der Waals surface area contributed by atoms with Gasteiger partial charge in [0, 0.05) is 12.1 Å². The smallest absolute Gasteiger partial charge is 0.280 e. The summed E-state index contributed by atoms with van der Waals surface area (Å²) in [5.41, 5.74) is 7.36. The van der Waals surface area contributed by atoms with Crippen LogP contribution in [0, 0.1) is 6.92 Å². The summed E-state index contributed by atoms with van der Waals surface area (Å²) in [5, 5.41) is 22.7. The molecule has 0 amide bonds.